The number of rotatable bonds is 8. The number of methoxy groups -OCH3 is 2. The number of amides is 1. The van der Waals surface area contributed by atoms with E-state index in [1.165, 1.54) is 7.11 Å². The number of esters is 1. The number of carbonyl (C=O) groups excluding carboxylic acids is 2. The highest BCUT2D eigenvalue weighted by molar-refractivity contribution is 6.00. The van der Waals surface area contributed by atoms with Gasteiger partial charge in [0, 0.05) is 18.0 Å². The zero-order chi connectivity index (χ0) is 23.9. The van der Waals surface area contributed by atoms with Gasteiger partial charge in [0.2, 0.25) is 5.91 Å². The first kappa shape index (κ1) is 23.0. The number of para-hydroxylation sites is 1. The predicted molar refractivity (Wildman–Crippen MR) is 132 cm³/mol. The van der Waals surface area contributed by atoms with Gasteiger partial charge >= 0.3 is 5.97 Å². The lowest BCUT2D eigenvalue weighted by atomic mass is 9.88. The minimum atomic E-state index is -0.374. The number of ether oxygens (including phenoxy) is 2. The van der Waals surface area contributed by atoms with Gasteiger partial charge in [-0.2, -0.15) is 0 Å². The monoisotopic (exact) mass is 454 g/mol. The number of hydrogen-bond donors (Lipinski definition) is 1. The molecule has 0 aliphatic rings. The zero-order valence-corrected chi connectivity index (χ0v) is 19.2. The van der Waals surface area contributed by atoms with Crippen LogP contribution < -0.4 is 10.1 Å². The van der Waals surface area contributed by atoms with E-state index in [4.69, 9.17) is 9.47 Å². The Morgan fingerprint density at radius 1 is 0.912 bits per heavy atom. The average molecular weight is 455 g/mol. The number of nitrogens with one attached hydrogen (secondary N) is 1. The Kier molecular flexibility index (Phi) is 7.18. The standard InChI is InChI=1S/C28H26N2O4/c1-33-24-14-12-20(13-15-24)23(17-19-8-10-22(11-9-19)28(32)34-2)18-26(31)30-25-7-3-5-21-6-4-16-29-27(21)25/h3-16,23H,17-18H2,1-2H3,(H,30,31). The molecule has 172 valence electrons. The summed E-state index contributed by atoms with van der Waals surface area (Å²) < 4.78 is 10.1. The molecule has 0 saturated heterocycles. The van der Waals surface area contributed by atoms with Gasteiger partial charge in [0.1, 0.15) is 5.75 Å². The Morgan fingerprint density at radius 3 is 2.35 bits per heavy atom. The third-order valence-corrected chi connectivity index (χ3v) is 5.78. The molecule has 6 nitrogen and oxygen atoms in total. The first-order chi connectivity index (χ1) is 16.6. The molecule has 6 heteroatoms. The maximum absolute atomic E-state index is 13.1. The normalized spacial score (nSPS) is 11.6. The maximum Gasteiger partial charge on any atom is 0.337 e. The zero-order valence-electron chi connectivity index (χ0n) is 19.2. The highest BCUT2D eigenvalue weighted by Gasteiger charge is 2.19. The molecule has 0 bridgehead atoms. The van der Waals surface area contributed by atoms with Gasteiger partial charge in [0.15, 0.2) is 0 Å². The smallest absolute Gasteiger partial charge is 0.337 e. The Morgan fingerprint density at radius 2 is 1.65 bits per heavy atom. The summed E-state index contributed by atoms with van der Waals surface area (Å²) in [7, 11) is 2.99. The molecule has 34 heavy (non-hydrogen) atoms. The van der Waals surface area contributed by atoms with Crippen LogP contribution in [-0.4, -0.2) is 31.1 Å². The molecule has 0 spiro atoms. The van der Waals surface area contributed by atoms with Gasteiger partial charge in [-0.1, -0.05) is 42.5 Å². The molecule has 3 aromatic carbocycles. The van der Waals surface area contributed by atoms with Gasteiger partial charge < -0.3 is 14.8 Å². The maximum atomic E-state index is 13.1. The molecule has 0 radical (unpaired) electrons. The van der Waals surface area contributed by atoms with E-state index in [1.54, 1.807) is 25.4 Å². The summed E-state index contributed by atoms with van der Waals surface area (Å²) in [4.78, 5) is 29.3. The van der Waals surface area contributed by atoms with Crippen molar-refractivity contribution < 1.29 is 19.1 Å². The quantitative estimate of drug-likeness (QED) is 0.362. The van der Waals surface area contributed by atoms with E-state index in [2.05, 4.69) is 10.3 Å². The summed E-state index contributed by atoms with van der Waals surface area (Å²) in [5.41, 5.74) is 4.00. The van der Waals surface area contributed by atoms with E-state index in [0.29, 0.717) is 17.7 Å². The first-order valence-electron chi connectivity index (χ1n) is 11.0. The van der Waals surface area contributed by atoms with E-state index < -0.39 is 0 Å². The number of aromatic nitrogens is 1. The molecular formula is C28H26N2O4. The number of carbonyl (C=O) groups is 2. The number of fused-ring (bicyclic) bond motifs is 1. The predicted octanol–water partition coefficient (Wildman–Crippen LogP) is 5.39. The van der Waals surface area contributed by atoms with Crippen molar-refractivity contribution >= 4 is 28.5 Å². The van der Waals surface area contributed by atoms with Crippen molar-refractivity contribution in [2.45, 2.75) is 18.8 Å². The molecule has 1 unspecified atom stereocenters. The molecule has 1 atom stereocenters. The first-order valence-corrected chi connectivity index (χ1v) is 11.0. The molecular weight excluding hydrogens is 428 g/mol. The van der Waals surface area contributed by atoms with Crippen LogP contribution in [0, 0.1) is 0 Å². The van der Waals surface area contributed by atoms with E-state index in [-0.39, 0.29) is 24.2 Å². The van der Waals surface area contributed by atoms with Crippen molar-refractivity contribution in [2.75, 3.05) is 19.5 Å². The van der Waals surface area contributed by atoms with E-state index in [9.17, 15) is 9.59 Å². The molecule has 0 saturated carbocycles. The summed E-state index contributed by atoms with van der Waals surface area (Å²) in [6.45, 7) is 0. The van der Waals surface area contributed by atoms with Gasteiger partial charge in [-0.15, -0.1) is 0 Å². The van der Waals surface area contributed by atoms with Gasteiger partial charge in [0.05, 0.1) is 31.0 Å². The Bertz CT molecular complexity index is 1280. The van der Waals surface area contributed by atoms with Crippen LogP contribution in [0.3, 0.4) is 0 Å². The SMILES string of the molecule is COC(=O)c1ccc(CC(CC(=O)Nc2cccc3cccnc23)c2ccc(OC)cc2)cc1. The van der Waals surface area contributed by atoms with Crippen LogP contribution in [0.15, 0.2) is 85.1 Å². The lowest BCUT2D eigenvalue weighted by Crippen LogP contribution is -2.17. The molecule has 0 fully saturated rings. The fourth-order valence-corrected chi connectivity index (χ4v) is 3.99. The molecule has 1 aromatic heterocycles. The van der Waals surface area contributed by atoms with E-state index in [1.807, 2.05) is 66.7 Å². The van der Waals surface area contributed by atoms with Gasteiger partial charge in [-0.25, -0.2) is 4.79 Å². The topological polar surface area (TPSA) is 77.5 Å². The van der Waals surface area contributed by atoms with Gasteiger partial charge in [0.25, 0.3) is 0 Å². The van der Waals surface area contributed by atoms with Crippen molar-refractivity contribution in [1.82, 2.24) is 4.98 Å². The summed E-state index contributed by atoms with van der Waals surface area (Å²) in [5.74, 6) is 0.223. The fourth-order valence-electron chi connectivity index (χ4n) is 3.99. The van der Waals surface area contributed by atoms with Crippen LogP contribution in [0.2, 0.25) is 0 Å². The molecule has 1 N–H and O–H groups in total. The minimum Gasteiger partial charge on any atom is -0.497 e. The Labute approximate surface area is 198 Å². The molecule has 0 aliphatic carbocycles. The fraction of sp³-hybridized carbons (Fsp3) is 0.179. The van der Waals surface area contributed by atoms with Crippen molar-refractivity contribution in [1.29, 1.82) is 0 Å². The lowest BCUT2D eigenvalue weighted by molar-refractivity contribution is -0.116. The number of pyridine rings is 1. The summed E-state index contributed by atoms with van der Waals surface area (Å²) >= 11 is 0. The van der Waals surface area contributed by atoms with Gasteiger partial charge in [-0.3, -0.25) is 9.78 Å². The second kappa shape index (κ2) is 10.6. The van der Waals surface area contributed by atoms with Crippen LogP contribution in [0.5, 0.6) is 5.75 Å². The van der Waals surface area contributed by atoms with Crippen LogP contribution >= 0.6 is 0 Å². The minimum absolute atomic E-state index is 0.0715. The summed E-state index contributed by atoms with van der Waals surface area (Å²) in [6, 6.07) is 24.6. The molecule has 1 amide bonds. The third kappa shape index (κ3) is 5.41. The summed E-state index contributed by atoms with van der Waals surface area (Å²) in [6.07, 6.45) is 2.64. The largest absolute Gasteiger partial charge is 0.497 e. The third-order valence-electron chi connectivity index (χ3n) is 5.78. The molecule has 4 aromatic rings. The van der Waals surface area contributed by atoms with Crippen molar-refractivity contribution in [2.24, 2.45) is 0 Å². The number of nitrogens with zero attached hydrogens (tertiary/aromatic N) is 1. The summed E-state index contributed by atoms with van der Waals surface area (Å²) in [5, 5.41) is 4.01. The molecule has 1 heterocycles. The Balaban J connectivity index is 1.56. The van der Waals surface area contributed by atoms with Crippen LogP contribution in [-0.2, 0) is 16.0 Å². The van der Waals surface area contributed by atoms with Crippen molar-refractivity contribution in [3.8, 4) is 5.75 Å². The van der Waals surface area contributed by atoms with Crippen molar-refractivity contribution in [3.63, 3.8) is 0 Å². The number of anilines is 1. The van der Waals surface area contributed by atoms with E-state index in [0.717, 1.165) is 27.8 Å². The second-order valence-electron chi connectivity index (χ2n) is 8.00. The van der Waals surface area contributed by atoms with Gasteiger partial charge in [-0.05, 0) is 59.9 Å². The lowest BCUT2D eigenvalue weighted by Gasteiger charge is -2.18. The second-order valence-corrected chi connectivity index (χ2v) is 8.00. The molecule has 4 rings (SSSR count). The highest BCUT2D eigenvalue weighted by atomic mass is 16.5. The highest BCUT2D eigenvalue weighted by Crippen LogP contribution is 2.28. The van der Waals surface area contributed by atoms with Crippen molar-refractivity contribution in [3.05, 3.63) is 102 Å². The van der Waals surface area contributed by atoms with Crippen LogP contribution in [0.25, 0.3) is 10.9 Å². The van der Waals surface area contributed by atoms with E-state index >= 15 is 0 Å². The van der Waals surface area contributed by atoms with Crippen LogP contribution in [0.1, 0.15) is 33.8 Å². The number of hydrogen-bond acceptors (Lipinski definition) is 5. The van der Waals surface area contributed by atoms with Crippen LogP contribution in [0.4, 0.5) is 5.69 Å². The Hall–Kier alpha value is -4.19. The molecule has 0 aliphatic heterocycles. The number of benzene rings is 3. The average Bonchev–Trinajstić information content (AvgIpc) is 2.88.